The SMILES string of the molecule is COc1ccc(CN2C[C@H](O)[C@H](Cc3ccccc3)N(CC(C)C)C(=O)N2CC(C)C)cc1. The van der Waals surface area contributed by atoms with Crippen LogP contribution in [0.4, 0.5) is 4.79 Å². The third kappa shape index (κ3) is 6.71. The molecular formula is C27H39N3O3. The largest absolute Gasteiger partial charge is 0.497 e. The Bertz CT molecular complexity index is 870. The topological polar surface area (TPSA) is 56.3 Å². The van der Waals surface area contributed by atoms with E-state index in [9.17, 15) is 9.90 Å². The first-order valence-corrected chi connectivity index (χ1v) is 12.0. The number of carbonyl (C=O) groups excluding carboxylic acids is 1. The summed E-state index contributed by atoms with van der Waals surface area (Å²) in [5.41, 5.74) is 2.20. The van der Waals surface area contributed by atoms with Crippen LogP contribution in [0.2, 0.25) is 0 Å². The van der Waals surface area contributed by atoms with Gasteiger partial charge in [0, 0.05) is 26.2 Å². The Morgan fingerprint density at radius 3 is 2.15 bits per heavy atom. The predicted octanol–water partition coefficient (Wildman–Crippen LogP) is 4.43. The van der Waals surface area contributed by atoms with Crippen molar-refractivity contribution in [2.45, 2.75) is 52.8 Å². The molecule has 2 amide bonds. The summed E-state index contributed by atoms with van der Waals surface area (Å²) >= 11 is 0. The van der Waals surface area contributed by atoms with Crippen LogP contribution in [0.15, 0.2) is 54.6 Å². The van der Waals surface area contributed by atoms with Gasteiger partial charge in [-0.15, -0.1) is 0 Å². The van der Waals surface area contributed by atoms with Crippen molar-refractivity contribution < 1.29 is 14.6 Å². The zero-order valence-corrected chi connectivity index (χ0v) is 20.6. The maximum atomic E-state index is 13.9. The number of hydrogen-bond donors (Lipinski definition) is 1. The lowest BCUT2D eigenvalue weighted by molar-refractivity contribution is -0.0220. The van der Waals surface area contributed by atoms with Gasteiger partial charge >= 0.3 is 6.03 Å². The monoisotopic (exact) mass is 453 g/mol. The van der Waals surface area contributed by atoms with Crippen molar-refractivity contribution >= 4 is 6.03 Å². The van der Waals surface area contributed by atoms with Crippen molar-refractivity contribution in [3.8, 4) is 5.75 Å². The van der Waals surface area contributed by atoms with E-state index in [-0.39, 0.29) is 12.1 Å². The Labute approximate surface area is 198 Å². The molecule has 1 aliphatic heterocycles. The van der Waals surface area contributed by atoms with E-state index in [1.54, 1.807) is 7.11 Å². The van der Waals surface area contributed by atoms with Gasteiger partial charge in [0.1, 0.15) is 5.75 Å². The molecule has 0 bridgehead atoms. The van der Waals surface area contributed by atoms with Gasteiger partial charge in [-0.2, -0.15) is 0 Å². The Morgan fingerprint density at radius 1 is 0.939 bits per heavy atom. The molecule has 0 radical (unpaired) electrons. The minimum absolute atomic E-state index is 0.0246. The summed E-state index contributed by atoms with van der Waals surface area (Å²) in [6.07, 6.45) is -0.0323. The van der Waals surface area contributed by atoms with Gasteiger partial charge < -0.3 is 14.7 Å². The average molecular weight is 454 g/mol. The molecule has 2 atom stereocenters. The van der Waals surface area contributed by atoms with E-state index in [0.29, 0.717) is 44.4 Å². The van der Waals surface area contributed by atoms with Crippen LogP contribution in [-0.4, -0.2) is 64.9 Å². The second kappa shape index (κ2) is 11.5. The van der Waals surface area contributed by atoms with Gasteiger partial charge in [0.2, 0.25) is 0 Å². The molecule has 0 aliphatic carbocycles. The van der Waals surface area contributed by atoms with Crippen molar-refractivity contribution in [2.24, 2.45) is 11.8 Å². The third-order valence-corrected chi connectivity index (χ3v) is 5.96. The maximum Gasteiger partial charge on any atom is 0.334 e. The van der Waals surface area contributed by atoms with Gasteiger partial charge in [0.05, 0.1) is 19.3 Å². The lowest BCUT2D eigenvalue weighted by Crippen LogP contribution is -2.53. The molecule has 33 heavy (non-hydrogen) atoms. The summed E-state index contributed by atoms with van der Waals surface area (Å²) < 4.78 is 5.28. The van der Waals surface area contributed by atoms with Gasteiger partial charge in [0.25, 0.3) is 0 Å². The minimum atomic E-state index is -0.664. The number of benzene rings is 2. The number of amides is 2. The molecule has 0 aromatic heterocycles. The van der Waals surface area contributed by atoms with Crippen LogP contribution in [0.1, 0.15) is 38.8 Å². The van der Waals surface area contributed by atoms with Crippen LogP contribution < -0.4 is 4.74 Å². The number of hydrogen-bond acceptors (Lipinski definition) is 4. The molecule has 1 fully saturated rings. The van der Waals surface area contributed by atoms with Crippen LogP contribution in [0, 0.1) is 11.8 Å². The number of hydrazine groups is 1. The molecule has 1 aliphatic rings. The average Bonchev–Trinajstić information content (AvgIpc) is 2.86. The molecule has 1 saturated heterocycles. The van der Waals surface area contributed by atoms with Gasteiger partial charge in [-0.3, -0.25) is 5.01 Å². The molecule has 2 aromatic rings. The highest BCUT2D eigenvalue weighted by molar-refractivity contribution is 5.75. The summed E-state index contributed by atoms with van der Waals surface area (Å²) in [6, 6.07) is 17.7. The first kappa shape index (κ1) is 25.1. The molecule has 0 unspecified atom stereocenters. The fourth-order valence-corrected chi connectivity index (χ4v) is 4.39. The summed E-state index contributed by atoms with van der Waals surface area (Å²) in [5.74, 6) is 1.40. The smallest absolute Gasteiger partial charge is 0.334 e. The van der Waals surface area contributed by atoms with Gasteiger partial charge in [-0.25, -0.2) is 9.80 Å². The molecule has 6 nitrogen and oxygen atoms in total. The van der Waals surface area contributed by atoms with Crippen molar-refractivity contribution in [3.05, 3.63) is 65.7 Å². The first-order valence-electron chi connectivity index (χ1n) is 12.0. The molecule has 3 rings (SSSR count). The lowest BCUT2D eigenvalue weighted by atomic mass is 9.98. The lowest BCUT2D eigenvalue weighted by Gasteiger charge is -2.37. The molecule has 1 N–H and O–H groups in total. The summed E-state index contributed by atoms with van der Waals surface area (Å²) in [6.45, 7) is 10.6. The Hall–Kier alpha value is -2.57. The van der Waals surface area contributed by atoms with Crippen LogP contribution >= 0.6 is 0 Å². The Balaban J connectivity index is 1.94. The number of carbonyl (C=O) groups is 1. The van der Waals surface area contributed by atoms with Crippen LogP contribution in [0.5, 0.6) is 5.75 Å². The number of rotatable bonds is 9. The van der Waals surface area contributed by atoms with Crippen molar-refractivity contribution in [2.75, 3.05) is 26.7 Å². The van der Waals surface area contributed by atoms with E-state index in [0.717, 1.165) is 16.9 Å². The highest BCUT2D eigenvalue weighted by atomic mass is 16.5. The highest BCUT2D eigenvalue weighted by Gasteiger charge is 2.40. The number of ether oxygens (including phenoxy) is 1. The normalized spacial score (nSPS) is 19.9. The first-order chi connectivity index (χ1) is 15.8. The standard InChI is InChI=1S/C27H39N3O3/c1-20(2)16-29-25(15-22-9-7-6-8-10-22)26(31)19-28(30(27(29)32)17-21(3)4)18-23-11-13-24(33-5)14-12-23/h6-14,20-21,25-26,31H,15-19H2,1-5H3/t25-,26-/m0/s1. The van der Waals surface area contributed by atoms with Crippen molar-refractivity contribution in [1.29, 1.82) is 0 Å². The molecule has 0 saturated carbocycles. The highest BCUT2D eigenvalue weighted by Crippen LogP contribution is 2.25. The Morgan fingerprint density at radius 2 is 1.58 bits per heavy atom. The van der Waals surface area contributed by atoms with E-state index in [2.05, 4.69) is 39.8 Å². The second-order valence-corrected chi connectivity index (χ2v) is 9.82. The maximum absolute atomic E-state index is 13.9. The summed E-state index contributed by atoms with van der Waals surface area (Å²) in [4.78, 5) is 15.8. The number of β-amino-alcohol motifs (C(OH)–C–C–N with tert-alkyl or cyclic N) is 1. The summed E-state index contributed by atoms with van der Waals surface area (Å²) in [5, 5.41) is 15.3. The number of nitrogens with zero attached hydrogens (tertiary/aromatic N) is 3. The Kier molecular flexibility index (Phi) is 8.75. The zero-order chi connectivity index (χ0) is 24.0. The summed E-state index contributed by atoms with van der Waals surface area (Å²) in [7, 11) is 1.65. The van der Waals surface area contributed by atoms with E-state index in [1.165, 1.54) is 0 Å². The molecule has 0 spiro atoms. The van der Waals surface area contributed by atoms with E-state index >= 15 is 0 Å². The number of aliphatic hydroxyl groups excluding tert-OH is 1. The number of urea groups is 1. The number of methoxy groups -OCH3 is 1. The quantitative estimate of drug-likeness (QED) is 0.610. The fraction of sp³-hybridized carbons (Fsp3) is 0.519. The van der Waals surface area contributed by atoms with Crippen LogP contribution in [0.25, 0.3) is 0 Å². The van der Waals surface area contributed by atoms with Gasteiger partial charge in [-0.1, -0.05) is 70.2 Å². The van der Waals surface area contributed by atoms with Crippen molar-refractivity contribution in [1.82, 2.24) is 14.9 Å². The molecule has 2 aromatic carbocycles. The molecule has 6 heteroatoms. The third-order valence-electron chi connectivity index (χ3n) is 5.96. The molecular weight excluding hydrogens is 414 g/mol. The second-order valence-electron chi connectivity index (χ2n) is 9.82. The van der Waals surface area contributed by atoms with Gasteiger partial charge in [0.15, 0.2) is 0 Å². The molecule has 1 heterocycles. The van der Waals surface area contributed by atoms with Gasteiger partial charge in [-0.05, 0) is 41.5 Å². The van der Waals surface area contributed by atoms with E-state index in [4.69, 9.17) is 4.74 Å². The van der Waals surface area contributed by atoms with Crippen LogP contribution in [0.3, 0.4) is 0 Å². The van der Waals surface area contributed by atoms with E-state index < -0.39 is 6.10 Å². The van der Waals surface area contributed by atoms with Crippen molar-refractivity contribution in [3.63, 3.8) is 0 Å². The molecule has 180 valence electrons. The minimum Gasteiger partial charge on any atom is -0.497 e. The fourth-order valence-electron chi connectivity index (χ4n) is 4.39. The zero-order valence-electron chi connectivity index (χ0n) is 20.6. The van der Waals surface area contributed by atoms with Crippen LogP contribution in [-0.2, 0) is 13.0 Å². The number of aliphatic hydroxyl groups is 1. The predicted molar refractivity (Wildman–Crippen MR) is 132 cm³/mol. The van der Waals surface area contributed by atoms with E-state index in [1.807, 2.05) is 57.4 Å².